The van der Waals surface area contributed by atoms with E-state index in [0.717, 1.165) is 0 Å². The van der Waals surface area contributed by atoms with Gasteiger partial charge in [-0.3, -0.25) is 0 Å². The van der Waals surface area contributed by atoms with E-state index in [-0.39, 0.29) is 5.82 Å². The van der Waals surface area contributed by atoms with Crippen LogP contribution in [0.2, 0.25) is 0 Å². The first-order valence-corrected chi connectivity index (χ1v) is 4.37. The quantitative estimate of drug-likeness (QED) is 0.424. The van der Waals surface area contributed by atoms with Gasteiger partial charge in [0.1, 0.15) is 6.20 Å². The Balaban J connectivity index is 2.29. The Kier molecular flexibility index (Phi) is 2.64. The van der Waals surface area contributed by atoms with E-state index in [9.17, 15) is 5.21 Å². The Morgan fingerprint density at radius 2 is 1.73 bits per heavy atom. The van der Waals surface area contributed by atoms with Crippen LogP contribution in [-0.4, -0.2) is 14.8 Å². The smallest absolute Gasteiger partial charge is 0.346 e. The van der Waals surface area contributed by atoms with Gasteiger partial charge in [-0.2, -0.15) is 0 Å². The number of hydrogen-bond donors (Lipinski definition) is 0. The van der Waals surface area contributed by atoms with Gasteiger partial charge in [0.25, 0.3) is 0 Å². The van der Waals surface area contributed by atoms with Crippen LogP contribution in [0.1, 0.15) is 0 Å². The fourth-order valence-corrected chi connectivity index (χ4v) is 1.02. The second-order valence-electron chi connectivity index (χ2n) is 2.75. The largest absolute Gasteiger partial charge is 0.690 e. The van der Waals surface area contributed by atoms with Crippen LogP contribution < -0.4 is 0 Å². The molecule has 74 valence electrons. The summed E-state index contributed by atoms with van der Waals surface area (Å²) >= 11 is 0. The van der Waals surface area contributed by atoms with Crippen molar-refractivity contribution >= 4 is 11.6 Å². The zero-order chi connectivity index (χ0) is 10.5. The maximum Gasteiger partial charge on any atom is 0.346 e. The van der Waals surface area contributed by atoms with Crippen LogP contribution in [0.25, 0.3) is 0 Å². The van der Waals surface area contributed by atoms with Crippen molar-refractivity contribution in [2.75, 3.05) is 0 Å². The number of pyridine rings is 2. The number of azo groups is 1. The summed E-state index contributed by atoms with van der Waals surface area (Å²) in [5.74, 6) is 0.598. The average Bonchev–Trinajstić information content (AvgIpc) is 2.31. The third-order valence-electron chi connectivity index (χ3n) is 1.69. The van der Waals surface area contributed by atoms with Gasteiger partial charge in [0.15, 0.2) is 5.82 Å². The van der Waals surface area contributed by atoms with Crippen molar-refractivity contribution in [2.45, 2.75) is 0 Å². The Bertz CT molecular complexity index is 455. The number of rotatable bonds is 2. The molecule has 0 spiro atoms. The minimum atomic E-state index is 0.239. The highest BCUT2D eigenvalue weighted by molar-refractivity contribution is 5.24. The zero-order valence-corrected chi connectivity index (χ0v) is 7.82. The summed E-state index contributed by atoms with van der Waals surface area (Å²) in [7, 11) is 0. The van der Waals surface area contributed by atoms with Crippen LogP contribution in [0.15, 0.2) is 53.9 Å². The SMILES string of the molecule is [O-][N+](=Nc1ccccn1)c1ccccn1. The Hall–Kier alpha value is -2.30. The van der Waals surface area contributed by atoms with Crippen molar-refractivity contribution in [2.24, 2.45) is 5.11 Å². The zero-order valence-electron chi connectivity index (χ0n) is 7.82. The lowest BCUT2D eigenvalue weighted by molar-refractivity contribution is -0.440. The predicted octanol–water partition coefficient (Wildman–Crippen LogP) is 2.40. The molecule has 0 saturated carbocycles. The third-order valence-corrected chi connectivity index (χ3v) is 1.69. The lowest BCUT2D eigenvalue weighted by atomic mass is 10.5. The molecule has 0 amide bonds. The molecule has 2 aromatic rings. The predicted molar refractivity (Wildman–Crippen MR) is 53.8 cm³/mol. The van der Waals surface area contributed by atoms with Crippen LogP contribution in [0.3, 0.4) is 0 Å². The van der Waals surface area contributed by atoms with Crippen molar-refractivity contribution in [3.8, 4) is 0 Å². The minimum absolute atomic E-state index is 0.239. The minimum Gasteiger partial charge on any atom is -0.690 e. The van der Waals surface area contributed by atoms with Gasteiger partial charge in [-0.1, -0.05) is 17.2 Å². The van der Waals surface area contributed by atoms with E-state index in [2.05, 4.69) is 15.1 Å². The second-order valence-corrected chi connectivity index (χ2v) is 2.75. The van der Waals surface area contributed by atoms with Crippen LogP contribution >= 0.6 is 0 Å². The van der Waals surface area contributed by atoms with E-state index in [1.807, 2.05) is 0 Å². The lowest BCUT2D eigenvalue weighted by Crippen LogP contribution is -1.92. The summed E-state index contributed by atoms with van der Waals surface area (Å²) in [6.45, 7) is 0. The van der Waals surface area contributed by atoms with Gasteiger partial charge < -0.3 is 5.21 Å². The molecule has 0 N–H and O–H groups in total. The molecule has 0 saturated heterocycles. The highest BCUT2D eigenvalue weighted by atomic mass is 16.5. The molecule has 2 rings (SSSR count). The number of hydrogen-bond acceptors (Lipinski definition) is 4. The number of nitrogens with zero attached hydrogens (tertiary/aromatic N) is 4. The molecule has 2 aromatic heterocycles. The van der Waals surface area contributed by atoms with Gasteiger partial charge in [0, 0.05) is 12.3 Å². The van der Waals surface area contributed by atoms with Crippen LogP contribution in [0, 0.1) is 5.21 Å². The summed E-state index contributed by atoms with van der Waals surface area (Å²) in [4.78, 5) is 8.22. The van der Waals surface area contributed by atoms with Crippen LogP contribution in [0.5, 0.6) is 0 Å². The Morgan fingerprint density at radius 1 is 1.00 bits per heavy atom. The average molecular weight is 200 g/mol. The maximum absolute atomic E-state index is 11.5. The monoisotopic (exact) mass is 200 g/mol. The fourth-order valence-electron chi connectivity index (χ4n) is 1.02. The summed E-state index contributed by atoms with van der Waals surface area (Å²) in [6, 6.07) is 10.2. The Morgan fingerprint density at radius 3 is 2.33 bits per heavy atom. The first-order chi connectivity index (χ1) is 7.36. The maximum atomic E-state index is 11.5. The molecule has 0 aliphatic heterocycles. The molecule has 0 atom stereocenters. The first kappa shape index (κ1) is 9.26. The van der Waals surface area contributed by atoms with Gasteiger partial charge in [-0.05, 0) is 23.2 Å². The molecule has 0 aliphatic carbocycles. The molecule has 15 heavy (non-hydrogen) atoms. The standard InChI is InChI=1S/C10H8N4O/c15-14(10-6-2-4-8-12-10)13-9-5-1-3-7-11-9/h1-8H. The lowest BCUT2D eigenvalue weighted by Gasteiger charge is -2.00. The molecule has 0 aliphatic rings. The van der Waals surface area contributed by atoms with Crippen molar-refractivity contribution in [1.29, 1.82) is 0 Å². The summed E-state index contributed by atoms with van der Waals surface area (Å²) in [5, 5.41) is 15.2. The number of aromatic nitrogens is 2. The molecular formula is C10H8N4O. The second kappa shape index (κ2) is 4.28. The van der Waals surface area contributed by atoms with Gasteiger partial charge in [0.05, 0.1) is 0 Å². The van der Waals surface area contributed by atoms with E-state index in [4.69, 9.17) is 0 Å². The molecular weight excluding hydrogens is 192 g/mol. The molecule has 0 fully saturated rings. The van der Waals surface area contributed by atoms with E-state index >= 15 is 0 Å². The molecule has 5 heteroatoms. The summed E-state index contributed by atoms with van der Waals surface area (Å²) in [5.41, 5.74) is 0. The Labute approximate surface area is 86.3 Å². The molecule has 0 bridgehead atoms. The fraction of sp³-hybridized carbons (Fsp3) is 0. The molecule has 5 nitrogen and oxygen atoms in total. The topological polar surface area (TPSA) is 64.2 Å². The van der Waals surface area contributed by atoms with E-state index in [1.165, 1.54) is 6.20 Å². The summed E-state index contributed by atoms with van der Waals surface area (Å²) < 4.78 is 0. The molecule has 0 radical (unpaired) electrons. The third kappa shape index (κ3) is 2.34. The highest BCUT2D eigenvalue weighted by Crippen LogP contribution is 2.11. The van der Waals surface area contributed by atoms with Crippen molar-refractivity contribution < 1.29 is 4.86 Å². The van der Waals surface area contributed by atoms with Gasteiger partial charge in [0.2, 0.25) is 0 Å². The van der Waals surface area contributed by atoms with E-state index < -0.39 is 0 Å². The van der Waals surface area contributed by atoms with Crippen molar-refractivity contribution in [1.82, 2.24) is 9.97 Å². The van der Waals surface area contributed by atoms with Crippen molar-refractivity contribution in [3.63, 3.8) is 0 Å². The van der Waals surface area contributed by atoms with Crippen LogP contribution in [-0.2, 0) is 0 Å². The van der Waals surface area contributed by atoms with Crippen LogP contribution in [0.4, 0.5) is 11.6 Å². The van der Waals surface area contributed by atoms with Crippen molar-refractivity contribution in [3.05, 3.63) is 54.0 Å². The van der Waals surface area contributed by atoms with Gasteiger partial charge in [-0.15, -0.1) is 4.86 Å². The molecule has 2 heterocycles. The van der Waals surface area contributed by atoms with Gasteiger partial charge in [-0.25, -0.2) is 4.98 Å². The van der Waals surface area contributed by atoms with E-state index in [0.29, 0.717) is 10.7 Å². The molecule has 0 unspecified atom stereocenters. The summed E-state index contributed by atoms with van der Waals surface area (Å²) in [6.07, 6.45) is 3.11. The molecule has 0 aromatic carbocycles. The normalized spacial score (nSPS) is 11.3. The first-order valence-electron chi connectivity index (χ1n) is 4.37. The van der Waals surface area contributed by atoms with E-state index in [1.54, 1.807) is 42.6 Å². The van der Waals surface area contributed by atoms with Gasteiger partial charge >= 0.3 is 5.82 Å². The highest BCUT2D eigenvalue weighted by Gasteiger charge is 2.02.